The standard InChI is InChI=1S/C15H17FN2/c1-3-11-7-5-9-18-15(11)14(17-2)12-6-4-8-13(16)10-12/h4-10,14,17H,3H2,1-2H3. The molecule has 18 heavy (non-hydrogen) atoms. The van der Waals surface area contributed by atoms with E-state index in [0.717, 1.165) is 17.7 Å². The number of rotatable bonds is 4. The third-order valence-electron chi connectivity index (χ3n) is 3.05. The Balaban J connectivity index is 2.45. The highest BCUT2D eigenvalue weighted by molar-refractivity contribution is 5.33. The average Bonchev–Trinajstić information content (AvgIpc) is 2.40. The Morgan fingerprint density at radius 3 is 2.78 bits per heavy atom. The van der Waals surface area contributed by atoms with Crippen molar-refractivity contribution in [2.75, 3.05) is 7.05 Å². The van der Waals surface area contributed by atoms with E-state index in [1.807, 2.05) is 19.2 Å². The quantitative estimate of drug-likeness (QED) is 0.894. The fourth-order valence-corrected chi connectivity index (χ4v) is 2.16. The monoisotopic (exact) mass is 244 g/mol. The lowest BCUT2D eigenvalue weighted by atomic mass is 9.98. The summed E-state index contributed by atoms with van der Waals surface area (Å²) in [6.07, 6.45) is 2.69. The third kappa shape index (κ3) is 2.57. The van der Waals surface area contributed by atoms with Gasteiger partial charge in [0.2, 0.25) is 0 Å². The van der Waals surface area contributed by atoms with Crippen LogP contribution in [-0.4, -0.2) is 12.0 Å². The zero-order chi connectivity index (χ0) is 13.0. The predicted molar refractivity (Wildman–Crippen MR) is 70.9 cm³/mol. The van der Waals surface area contributed by atoms with E-state index in [-0.39, 0.29) is 11.9 Å². The van der Waals surface area contributed by atoms with E-state index < -0.39 is 0 Å². The van der Waals surface area contributed by atoms with Crippen molar-refractivity contribution < 1.29 is 4.39 Å². The first-order valence-corrected chi connectivity index (χ1v) is 6.12. The molecule has 94 valence electrons. The third-order valence-corrected chi connectivity index (χ3v) is 3.05. The summed E-state index contributed by atoms with van der Waals surface area (Å²) < 4.78 is 13.3. The van der Waals surface area contributed by atoms with Crippen molar-refractivity contribution in [3.63, 3.8) is 0 Å². The summed E-state index contributed by atoms with van der Waals surface area (Å²) >= 11 is 0. The fourth-order valence-electron chi connectivity index (χ4n) is 2.16. The van der Waals surface area contributed by atoms with Crippen molar-refractivity contribution in [2.45, 2.75) is 19.4 Å². The second-order valence-corrected chi connectivity index (χ2v) is 4.18. The molecule has 0 saturated heterocycles. The van der Waals surface area contributed by atoms with Gasteiger partial charge in [0.25, 0.3) is 0 Å². The van der Waals surface area contributed by atoms with Crippen molar-refractivity contribution in [1.82, 2.24) is 10.3 Å². The van der Waals surface area contributed by atoms with Gasteiger partial charge in [-0.2, -0.15) is 0 Å². The number of aryl methyl sites for hydroxylation is 1. The van der Waals surface area contributed by atoms with Crippen LogP contribution in [0.2, 0.25) is 0 Å². The lowest BCUT2D eigenvalue weighted by Gasteiger charge is -2.19. The number of pyridine rings is 1. The molecule has 1 aromatic heterocycles. The van der Waals surface area contributed by atoms with E-state index >= 15 is 0 Å². The summed E-state index contributed by atoms with van der Waals surface area (Å²) in [5, 5.41) is 3.21. The smallest absolute Gasteiger partial charge is 0.123 e. The molecule has 0 fully saturated rings. The van der Waals surface area contributed by atoms with Crippen LogP contribution in [0.4, 0.5) is 4.39 Å². The molecular formula is C15H17FN2. The number of aromatic nitrogens is 1. The van der Waals surface area contributed by atoms with Gasteiger partial charge in [-0.05, 0) is 42.8 Å². The zero-order valence-corrected chi connectivity index (χ0v) is 10.7. The lowest BCUT2D eigenvalue weighted by molar-refractivity contribution is 0.612. The number of hydrogen-bond acceptors (Lipinski definition) is 2. The molecule has 2 nitrogen and oxygen atoms in total. The molecule has 0 aliphatic rings. The van der Waals surface area contributed by atoms with Crippen molar-refractivity contribution in [3.8, 4) is 0 Å². The summed E-state index contributed by atoms with van der Waals surface area (Å²) in [5.41, 5.74) is 3.04. The molecule has 0 aliphatic carbocycles. The van der Waals surface area contributed by atoms with E-state index in [1.54, 1.807) is 18.3 Å². The van der Waals surface area contributed by atoms with Gasteiger partial charge >= 0.3 is 0 Å². The Hall–Kier alpha value is -1.74. The van der Waals surface area contributed by atoms with Crippen molar-refractivity contribution in [1.29, 1.82) is 0 Å². The van der Waals surface area contributed by atoms with Crippen LogP contribution in [0.1, 0.15) is 29.8 Å². The maximum absolute atomic E-state index is 13.3. The Bertz CT molecular complexity index is 525. The molecule has 2 rings (SSSR count). The number of benzene rings is 1. The van der Waals surface area contributed by atoms with Gasteiger partial charge in [0.1, 0.15) is 5.82 Å². The van der Waals surface area contributed by atoms with E-state index in [0.29, 0.717) is 0 Å². The van der Waals surface area contributed by atoms with E-state index in [2.05, 4.69) is 23.3 Å². The van der Waals surface area contributed by atoms with Crippen LogP contribution in [0, 0.1) is 5.82 Å². The van der Waals surface area contributed by atoms with Gasteiger partial charge in [-0.15, -0.1) is 0 Å². The van der Waals surface area contributed by atoms with Gasteiger partial charge in [0, 0.05) is 6.20 Å². The van der Waals surface area contributed by atoms with Gasteiger partial charge in [-0.25, -0.2) is 4.39 Å². The van der Waals surface area contributed by atoms with Crippen LogP contribution in [-0.2, 0) is 6.42 Å². The highest BCUT2D eigenvalue weighted by Gasteiger charge is 2.16. The molecule has 1 aromatic carbocycles. The summed E-state index contributed by atoms with van der Waals surface area (Å²) in [4.78, 5) is 4.44. The minimum atomic E-state index is -0.221. The number of nitrogens with one attached hydrogen (secondary N) is 1. The van der Waals surface area contributed by atoms with Crippen LogP contribution in [0.25, 0.3) is 0 Å². The minimum Gasteiger partial charge on any atom is -0.308 e. The van der Waals surface area contributed by atoms with Crippen LogP contribution < -0.4 is 5.32 Å². The maximum atomic E-state index is 13.3. The number of hydrogen-bond donors (Lipinski definition) is 1. The van der Waals surface area contributed by atoms with Crippen LogP contribution in [0.15, 0.2) is 42.6 Å². The second kappa shape index (κ2) is 5.74. The Kier molecular flexibility index (Phi) is 4.05. The summed E-state index contributed by atoms with van der Waals surface area (Å²) in [6.45, 7) is 2.10. The van der Waals surface area contributed by atoms with Crippen molar-refractivity contribution in [2.24, 2.45) is 0 Å². The molecule has 1 heterocycles. The molecule has 0 spiro atoms. The molecule has 1 unspecified atom stereocenters. The SMILES string of the molecule is CCc1cccnc1C(NC)c1cccc(F)c1. The van der Waals surface area contributed by atoms with Gasteiger partial charge in [-0.1, -0.05) is 25.1 Å². The molecule has 0 saturated carbocycles. The first kappa shape index (κ1) is 12.7. The van der Waals surface area contributed by atoms with Gasteiger partial charge in [-0.3, -0.25) is 4.98 Å². The Morgan fingerprint density at radius 1 is 1.28 bits per heavy atom. The van der Waals surface area contributed by atoms with Crippen LogP contribution >= 0.6 is 0 Å². The minimum absolute atomic E-state index is 0.0724. The molecule has 2 aromatic rings. The van der Waals surface area contributed by atoms with Crippen LogP contribution in [0.5, 0.6) is 0 Å². The second-order valence-electron chi connectivity index (χ2n) is 4.18. The van der Waals surface area contributed by atoms with Crippen molar-refractivity contribution in [3.05, 3.63) is 65.2 Å². The van der Waals surface area contributed by atoms with Crippen LogP contribution in [0.3, 0.4) is 0 Å². The fraction of sp³-hybridized carbons (Fsp3) is 0.267. The van der Waals surface area contributed by atoms with Gasteiger partial charge in [0.05, 0.1) is 11.7 Å². The molecule has 1 N–H and O–H groups in total. The Labute approximate surface area is 107 Å². The predicted octanol–water partition coefficient (Wildman–Crippen LogP) is 3.09. The van der Waals surface area contributed by atoms with E-state index in [9.17, 15) is 4.39 Å². The first-order chi connectivity index (χ1) is 8.76. The van der Waals surface area contributed by atoms with Crippen molar-refractivity contribution >= 4 is 0 Å². The summed E-state index contributed by atoms with van der Waals surface area (Å²) in [7, 11) is 1.86. The normalized spacial score (nSPS) is 12.4. The molecular weight excluding hydrogens is 227 g/mol. The molecule has 0 radical (unpaired) electrons. The highest BCUT2D eigenvalue weighted by atomic mass is 19.1. The topological polar surface area (TPSA) is 24.9 Å². The molecule has 0 bridgehead atoms. The lowest BCUT2D eigenvalue weighted by Crippen LogP contribution is -2.20. The Morgan fingerprint density at radius 2 is 2.11 bits per heavy atom. The maximum Gasteiger partial charge on any atom is 0.123 e. The largest absolute Gasteiger partial charge is 0.308 e. The number of halogens is 1. The summed E-state index contributed by atoms with van der Waals surface area (Å²) in [6, 6.07) is 10.6. The number of nitrogens with zero attached hydrogens (tertiary/aromatic N) is 1. The molecule has 1 atom stereocenters. The van der Waals surface area contributed by atoms with Gasteiger partial charge in [0.15, 0.2) is 0 Å². The van der Waals surface area contributed by atoms with E-state index in [4.69, 9.17) is 0 Å². The average molecular weight is 244 g/mol. The first-order valence-electron chi connectivity index (χ1n) is 6.12. The summed E-state index contributed by atoms with van der Waals surface area (Å²) in [5.74, 6) is -0.221. The molecule has 0 amide bonds. The molecule has 0 aliphatic heterocycles. The van der Waals surface area contributed by atoms with Gasteiger partial charge < -0.3 is 5.32 Å². The van der Waals surface area contributed by atoms with E-state index in [1.165, 1.54) is 11.6 Å². The highest BCUT2D eigenvalue weighted by Crippen LogP contribution is 2.23. The zero-order valence-electron chi connectivity index (χ0n) is 10.7. The molecule has 3 heteroatoms.